The van der Waals surface area contributed by atoms with Crippen LogP contribution in [0.3, 0.4) is 0 Å². The first kappa shape index (κ1) is 8.05. The Kier molecular flexibility index (Phi) is 1.85. The maximum absolute atomic E-state index is 11.3. The third-order valence-corrected chi connectivity index (χ3v) is 2.18. The molecule has 0 saturated heterocycles. The first-order valence-corrected chi connectivity index (χ1v) is 3.67. The summed E-state index contributed by atoms with van der Waals surface area (Å²) >= 11 is 0. The molecule has 0 unspecified atom stereocenters. The molecule has 0 atom stereocenters. The number of nitrogens with zero attached hydrogens (tertiary/aromatic N) is 1. The van der Waals surface area contributed by atoms with Crippen LogP contribution in [-0.2, 0) is 7.05 Å². The molecular formula is C9H13NO. The second-order valence-corrected chi connectivity index (χ2v) is 2.98. The molecule has 0 aliphatic carbocycles. The zero-order chi connectivity index (χ0) is 8.59. The molecule has 0 N–H and O–H groups in total. The van der Waals surface area contributed by atoms with E-state index in [1.54, 1.807) is 11.6 Å². The van der Waals surface area contributed by atoms with Gasteiger partial charge >= 0.3 is 0 Å². The van der Waals surface area contributed by atoms with Gasteiger partial charge in [0.2, 0.25) is 0 Å². The Morgan fingerprint density at radius 1 is 1.18 bits per heavy atom. The lowest BCUT2D eigenvalue weighted by molar-refractivity contribution is 0.833. The van der Waals surface area contributed by atoms with Crippen molar-refractivity contribution in [3.05, 3.63) is 33.2 Å². The highest BCUT2D eigenvalue weighted by molar-refractivity contribution is 5.28. The van der Waals surface area contributed by atoms with E-state index in [-0.39, 0.29) is 5.56 Å². The summed E-state index contributed by atoms with van der Waals surface area (Å²) in [5, 5.41) is 0. The van der Waals surface area contributed by atoms with Gasteiger partial charge in [0.15, 0.2) is 0 Å². The summed E-state index contributed by atoms with van der Waals surface area (Å²) in [4.78, 5) is 11.3. The van der Waals surface area contributed by atoms with Crippen molar-refractivity contribution in [2.45, 2.75) is 20.8 Å². The molecule has 0 radical (unpaired) electrons. The summed E-state index contributed by atoms with van der Waals surface area (Å²) in [5.74, 6) is 0. The largest absolute Gasteiger partial charge is 0.318 e. The summed E-state index contributed by atoms with van der Waals surface area (Å²) in [6.07, 6.45) is 1.87. The molecular weight excluding hydrogens is 138 g/mol. The summed E-state index contributed by atoms with van der Waals surface area (Å²) < 4.78 is 1.62. The van der Waals surface area contributed by atoms with E-state index in [0.717, 1.165) is 11.1 Å². The smallest absolute Gasteiger partial charge is 0.253 e. The highest BCUT2D eigenvalue weighted by Crippen LogP contribution is 2.05. The highest BCUT2D eigenvalue weighted by Gasteiger charge is 2.02. The molecule has 1 aromatic rings. The quantitative estimate of drug-likeness (QED) is 0.548. The molecule has 0 aliphatic heterocycles. The first-order valence-electron chi connectivity index (χ1n) is 3.67. The molecule has 1 heterocycles. The average Bonchev–Trinajstić information content (AvgIpc) is 1.97. The third kappa shape index (κ3) is 1.20. The van der Waals surface area contributed by atoms with Crippen LogP contribution >= 0.6 is 0 Å². The van der Waals surface area contributed by atoms with Crippen LogP contribution in [0, 0.1) is 20.8 Å². The van der Waals surface area contributed by atoms with Crippen LogP contribution in [0.1, 0.15) is 16.7 Å². The normalized spacial score (nSPS) is 10.2. The molecule has 0 aliphatic rings. The molecule has 60 valence electrons. The topological polar surface area (TPSA) is 22.0 Å². The minimum absolute atomic E-state index is 0.105. The van der Waals surface area contributed by atoms with E-state index in [4.69, 9.17) is 0 Å². The minimum atomic E-state index is 0.105. The van der Waals surface area contributed by atoms with Crippen molar-refractivity contribution in [2.24, 2.45) is 7.05 Å². The van der Waals surface area contributed by atoms with Crippen molar-refractivity contribution in [3.63, 3.8) is 0 Å². The molecule has 0 amide bonds. The van der Waals surface area contributed by atoms with Crippen molar-refractivity contribution in [1.29, 1.82) is 0 Å². The fourth-order valence-corrected chi connectivity index (χ4v) is 1.17. The lowest BCUT2D eigenvalue weighted by atomic mass is 10.1. The van der Waals surface area contributed by atoms with Gasteiger partial charge in [-0.25, -0.2) is 0 Å². The zero-order valence-electron chi connectivity index (χ0n) is 7.43. The molecule has 0 fully saturated rings. The van der Waals surface area contributed by atoms with Gasteiger partial charge in [-0.15, -0.1) is 0 Å². The maximum Gasteiger partial charge on any atom is 0.253 e. The number of rotatable bonds is 0. The van der Waals surface area contributed by atoms with E-state index in [1.807, 2.05) is 27.0 Å². The Labute approximate surface area is 66.5 Å². The molecule has 2 nitrogen and oxygen atoms in total. The Hall–Kier alpha value is -1.05. The Bertz CT molecular complexity index is 336. The van der Waals surface area contributed by atoms with Gasteiger partial charge in [0.05, 0.1) is 0 Å². The third-order valence-electron chi connectivity index (χ3n) is 2.18. The zero-order valence-corrected chi connectivity index (χ0v) is 7.43. The summed E-state index contributed by atoms with van der Waals surface area (Å²) in [7, 11) is 1.78. The molecule has 1 rings (SSSR count). The Balaban J connectivity index is 3.59. The van der Waals surface area contributed by atoms with Gasteiger partial charge in [0, 0.05) is 18.8 Å². The van der Waals surface area contributed by atoms with Gasteiger partial charge in [-0.1, -0.05) is 0 Å². The van der Waals surface area contributed by atoms with Gasteiger partial charge in [0.25, 0.3) is 5.56 Å². The SMILES string of the molecule is Cc1cn(C)c(=O)c(C)c1C. The number of aromatic nitrogens is 1. The molecule has 0 saturated carbocycles. The van der Waals surface area contributed by atoms with Crippen LogP contribution in [0.5, 0.6) is 0 Å². The molecule has 1 aromatic heterocycles. The Morgan fingerprint density at radius 3 is 2.27 bits per heavy atom. The minimum Gasteiger partial charge on any atom is -0.318 e. The number of aryl methyl sites for hydroxylation is 2. The number of hydrogen-bond donors (Lipinski definition) is 0. The van der Waals surface area contributed by atoms with E-state index in [2.05, 4.69) is 0 Å². The van der Waals surface area contributed by atoms with Crippen LogP contribution in [-0.4, -0.2) is 4.57 Å². The second kappa shape index (κ2) is 2.53. The van der Waals surface area contributed by atoms with Crippen LogP contribution < -0.4 is 5.56 Å². The lowest BCUT2D eigenvalue weighted by Gasteiger charge is -2.05. The van der Waals surface area contributed by atoms with Gasteiger partial charge in [-0.2, -0.15) is 0 Å². The lowest BCUT2D eigenvalue weighted by Crippen LogP contribution is -2.20. The molecule has 11 heavy (non-hydrogen) atoms. The van der Waals surface area contributed by atoms with E-state index in [9.17, 15) is 4.79 Å². The van der Waals surface area contributed by atoms with E-state index in [0.29, 0.717) is 0 Å². The number of hydrogen-bond acceptors (Lipinski definition) is 1. The monoisotopic (exact) mass is 151 g/mol. The van der Waals surface area contributed by atoms with Crippen molar-refractivity contribution in [2.75, 3.05) is 0 Å². The predicted molar refractivity (Wildman–Crippen MR) is 45.9 cm³/mol. The van der Waals surface area contributed by atoms with Gasteiger partial charge < -0.3 is 4.57 Å². The van der Waals surface area contributed by atoms with E-state index >= 15 is 0 Å². The fourth-order valence-electron chi connectivity index (χ4n) is 1.17. The van der Waals surface area contributed by atoms with E-state index < -0.39 is 0 Å². The van der Waals surface area contributed by atoms with Crippen molar-refractivity contribution in [3.8, 4) is 0 Å². The predicted octanol–water partition coefficient (Wildman–Crippen LogP) is 1.31. The molecule has 0 aromatic carbocycles. The first-order chi connectivity index (χ1) is 5.04. The summed E-state index contributed by atoms with van der Waals surface area (Å²) in [6.45, 7) is 5.86. The van der Waals surface area contributed by atoms with Crippen LogP contribution in [0.15, 0.2) is 11.0 Å². The maximum atomic E-state index is 11.3. The molecule has 0 bridgehead atoms. The van der Waals surface area contributed by atoms with Gasteiger partial charge in [0.1, 0.15) is 0 Å². The average molecular weight is 151 g/mol. The van der Waals surface area contributed by atoms with Crippen molar-refractivity contribution in [1.82, 2.24) is 4.57 Å². The highest BCUT2D eigenvalue weighted by atomic mass is 16.1. The molecule has 2 heteroatoms. The van der Waals surface area contributed by atoms with Gasteiger partial charge in [-0.3, -0.25) is 4.79 Å². The van der Waals surface area contributed by atoms with Crippen LogP contribution in [0.25, 0.3) is 0 Å². The standard InChI is InChI=1S/C9H13NO/c1-6-5-10(4)9(11)8(3)7(6)2/h5H,1-4H3. The Morgan fingerprint density at radius 2 is 1.73 bits per heavy atom. The van der Waals surface area contributed by atoms with Gasteiger partial charge in [-0.05, 0) is 31.9 Å². The fraction of sp³-hybridized carbons (Fsp3) is 0.444. The van der Waals surface area contributed by atoms with Crippen molar-refractivity contribution < 1.29 is 0 Å². The summed E-state index contributed by atoms with van der Waals surface area (Å²) in [5.41, 5.74) is 3.23. The molecule has 0 spiro atoms. The van der Waals surface area contributed by atoms with Crippen molar-refractivity contribution >= 4 is 0 Å². The number of pyridine rings is 1. The van der Waals surface area contributed by atoms with E-state index in [1.165, 1.54) is 5.56 Å². The van der Waals surface area contributed by atoms with Crippen LogP contribution in [0.2, 0.25) is 0 Å². The second-order valence-electron chi connectivity index (χ2n) is 2.98. The van der Waals surface area contributed by atoms with Crippen LogP contribution in [0.4, 0.5) is 0 Å². The summed E-state index contributed by atoms with van der Waals surface area (Å²) in [6, 6.07) is 0.